The van der Waals surface area contributed by atoms with Crippen molar-refractivity contribution in [2.45, 2.75) is 16.1 Å². The zero-order chi connectivity index (χ0) is 16.0. The van der Waals surface area contributed by atoms with Crippen LogP contribution < -0.4 is 5.32 Å². The van der Waals surface area contributed by atoms with Gasteiger partial charge in [-0.1, -0.05) is 49.5 Å². The SMILES string of the molecule is O=C(Nc1cccc(Cl)c1)[C@@H]1[C@H]2C[C@@H]([C@@H](Br)[C@H]2Br)[C@H]1C(=O)O. The highest BCUT2D eigenvalue weighted by Gasteiger charge is 2.61. The van der Waals surface area contributed by atoms with Gasteiger partial charge in [0.15, 0.2) is 0 Å². The Labute approximate surface area is 149 Å². The maximum absolute atomic E-state index is 12.6. The highest BCUT2D eigenvalue weighted by molar-refractivity contribution is 9.12. The molecule has 0 radical (unpaired) electrons. The minimum absolute atomic E-state index is 0.0228. The van der Waals surface area contributed by atoms with E-state index in [2.05, 4.69) is 37.2 Å². The van der Waals surface area contributed by atoms with E-state index in [1.54, 1.807) is 24.3 Å². The molecule has 4 nitrogen and oxygen atoms in total. The summed E-state index contributed by atoms with van der Waals surface area (Å²) < 4.78 is 0. The number of alkyl halides is 2. The van der Waals surface area contributed by atoms with Crippen LogP contribution in [0.3, 0.4) is 0 Å². The summed E-state index contributed by atoms with van der Waals surface area (Å²) in [6, 6.07) is 6.86. The number of benzene rings is 1. The van der Waals surface area contributed by atoms with E-state index in [4.69, 9.17) is 11.6 Å². The number of carboxylic acid groups (broad SMARTS) is 1. The quantitative estimate of drug-likeness (QED) is 0.688. The lowest BCUT2D eigenvalue weighted by atomic mass is 9.78. The molecule has 3 rings (SSSR count). The van der Waals surface area contributed by atoms with E-state index in [9.17, 15) is 14.7 Å². The van der Waals surface area contributed by atoms with Gasteiger partial charge < -0.3 is 10.4 Å². The summed E-state index contributed by atoms with van der Waals surface area (Å²) in [5.41, 5.74) is 0.589. The Morgan fingerprint density at radius 2 is 1.82 bits per heavy atom. The fourth-order valence-corrected chi connectivity index (χ4v) is 5.82. The maximum Gasteiger partial charge on any atom is 0.307 e. The number of aliphatic carboxylic acids is 1. The second-order valence-electron chi connectivity index (χ2n) is 5.84. The molecule has 118 valence electrons. The standard InChI is InChI=1S/C15H14Br2ClNO3/c16-12-8-5-9(13(12)17)11(15(21)22)10(8)14(20)19-7-3-1-2-6(18)4-7/h1-4,8-13H,5H2,(H,19,20)(H,21,22)/t8-,9-,10-,11-,12+,13-/m1/s1. The number of fused-ring (bicyclic) bond motifs is 2. The Morgan fingerprint density at radius 3 is 2.41 bits per heavy atom. The Bertz CT molecular complexity index is 627. The number of nitrogens with one attached hydrogen (secondary N) is 1. The summed E-state index contributed by atoms with van der Waals surface area (Å²) in [6.07, 6.45) is 0.746. The highest BCUT2D eigenvalue weighted by atomic mass is 79.9. The van der Waals surface area contributed by atoms with Crippen LogP contribution in [-0.4, -0.2) is 26.6 Å². The van der Waals surface area contributed by atoms with Gasteiger partial charge in [-0.15, -0.1) is 0 Å². The molecule has 2 aliphatic rings. The van der Waals surface area contributed by atoms with Crippen LogP contribution in [0.4, 0.5) is 5.69 Å². The van der Waals surface area contributed by atoms with Crippen molar-refractivity contribution in [3.05, 3.63) is 29.3 Å². The first-order chi connectivity index (χ1) is 10.4. The molecular formula is C15H14Br2ClNO3. The van der Waals surface area contributed by atoms with Crippen molar-refractivity contribution in [1.82, 2.24) is 0 Å². The van der Waals surface area contributed by atoms with Gasteiger partial charge in [0.05, 0.1) is 11.8 Å². The molecule has 2 N–H and O–H groups in total. The van der Waals surface area contributed by atoms with Gasteiger partial charge >= 0.3 is 5.97 Å². The van der Waals surface area contributed by atoms with Crippen LogP contribution in [0.25, 0.3) is 0 Å². The second-order valence-corrected chi connectivity index (χ2v) is 8.39. The summed E-state index contributed by atoms with van der Waals surface area (Å²) >= 11 is 13.1. The van der Waals surface area contributed by atoms with Gasteiger partial charge in [-0.05, 0) is 36.5 Å². The van der Waals surface area contributed by atoms with Crippen LogP contribution >= 0.6 is 43.5 Å². The topological polar surface area (TPSA) is 66.4 Å². The molecular weight excluding hydrogens is 437 g/mol. The Morgan fingerprint density at radius 1 is 1.18 bits per heavy atom. The van der Waals surface area contributed by atoms with Crippen molar-refractivity contribution < 1.29 is 14.7 Å². The van der Waals surface area contributed by atoms with Crippen LogP contribution in [0, 0.1) is 23.7 Å². The van der Waals surface area contributed by atoms with Crippen LogP contribution in [0.1, 0.15) is 6.42 Å². The lowest BCUT2D eigenvalue weighted by Crippen LogP contribution is -2.45. The van der Waals surface area contributed by atoms with Gasteiger partial charge in [0.25, 0.3) is 0 Å². The van der Waals surface area contributed by atoms with Crippen LogP contribution in [-0.2, 0) is 9.59 Å². The van der Waals surface area contributed by atoms with Gasteiger partial charge in [-0.2, -0.15) is 0 Å². The Hall–Kier alpha value is -0.590. The molecule has 0 aromatic heterocycles. The molecule has 1 aromatic carbocycles. The third kappa shape index (κ3) is 2.69. The van der Waals surface area contributed by atoms with Gasteiger partial charge in [-0.25, -0.2) is 0 Å². The fraction of sp³-hybridized carbons (Fsp3) is 0.467. The molecule has 2 bridgehead atoms. The number of rotatable bonds is 3. The summed E-state index contributed by atoms with van der Waals surface area (Å²) in [4.78, 5) is 24.5. The van der Waals surface area contributed by atoms with E-state index >= 15 is 0 Å². The van der Waals surface area contributed by atoms with E-state index in [1.807, 2.05) is 0 Å². The monoisotopic (exact) mass is 449 g/mol. The maximum atomic E-state index is 12.6. The minimum atomic E-state index is -0.900. The zero-order valence-corrected chi connectivity index (χ0v) is 15.3. The highest BCUT2D eigenvalue weighted by Crippen LogP contribution is 2.57. The number of carbonyl (C=O) groups is 2. The third-order valence-electron chi connectivity index (χ3n) is 4.66. The average Bonchev–Trinajstić information content (AvgIpc) is 2.97. The second kappa shape index (κ2) is 6.13. The van der Waals surface area contributed by atoms with E-state index in [-0.39, 0.29) is 27.4 Å². The van der Waals surface area contributed by atoms with Gasteiger partial charge in [0.1, 0.15) is 0 Å². The Balaban J connectivity index is 1.83. The first kappa shape index (κ1) is 16.3. The van der Waals surface area contributed by atoms with E-state index in [0.717, 1.165) is 6.42 Å². The molecule has 2 fully saturated rings. The van der Waals surface area contributed by atoms with Crippen molar-refractivity contribution in [1.29, 1.82) is 0 Å². The van der Waals surface area contributed by atoms with Gasteiger partial charge in [0.2, 0.25) is 5.91 Å². The van der Waals surface area contributed by atoms with Crippen molar-refractivity contribution >= 4 is 61.0 Å². The number of halogens is 3. The number of hydrogen-bond donors (Lipinski definition) is 2. The molecule has 22 heavy (non-hydrogen) atoms. The predicted molar refractivity (Wildman–Crippen MR) is 91.7 cm³/mol. The van der Waals surface area contributed by atoms with Crippen molar-refractivity contribution in [3.63, 3.8) is 0 Å². The number of hydrogen-bond acceptors (Lipinski definition) is 2. The van der Waals surface area contributed by atoms with E-state index in [0.29, 0.717) is 10.7 Å². The number of carboxylic acids is 1. The van der Waals surface area contributed by atoms with Gasteiger partial charge in [-0.3, -0.25) is 9.59 Å². The van der Waals surface area contributed by atoms with Crippen LogP contribution in [0.5, 0.6) is 0 Å². The predicted octanol–water partition coefficient (Wildman–Crippen LogP) is 3.77. The summed E-state index contributed by atoms with van der Waals surface area (Å²) in [5.74, 6) is -2.33. The first-order valence-corrected chi connectivity index (χ1v) is 9.18. The minimum Gasteiger partial charge on any atom is -0.481 e. The smallest absolute Gasteiger partial charge is 0.307 e. The van der Waals surface area contributed by atoms with Crippen molar-refractivity contribution in [3.8, 4) is 0 Å². The summed E-state index contributed by atoms with van der Waals surface area (Å²) in [7, 11) is 0. The molecule has 2 saturated carbocycles. The third-order valence-corrected chi connectivity index (χ3v) is 8.10. The average molecular weight is 452 g/mol. The van der Waals surface area contributed by atoms with Crippen LogP contribution in [0.15, 0.2) is 24.3 Å². The Kier molecular flexibility index (Phi) is 4.54. The van der Waals surface area contributed by atoms with Crippen LogP contribution in [0.2, 0.25) is 5.02 Å². The molecule has 0 aliphatic heterocycles. The normalized spacial score (nSPS) is 36.3. The lowest BCUT2D eigenvalue weighted by Gasteiger charge is -2.33. The summed E-state index contributed by atoms with van der Waals surface area (Å²) in [5, 5.41) is 12.9. The molecule has 6 atom stereocenters. The molecule has 7 heteroatoms. The number of carbonyl (C=O) groups excluding carboxylic acids is 1. The molecule has 0 unspecified atom stereocenters. The molecule has 1 aromatic rings. The molecule has 1 amide bonds. The number of anilines is 1. The number of amides is 1. The summed E-state index contributed by atoms with van der Waals surface area (Å²) in [6.45, 7) is 0. The van der Waals surface area contributed by atoms with Gasteiger partial charge in [0, 0.05) is 20.4 Å². The molecule has 0 spiro atoms. The first-order valence-electron chi connectivity index (χ1n) is 6.97. The fourth-order valence-electron chi connectivity index (χ4n) is 3.75. The largest absolute Gasteiger partial charge is 0.481 e. The molecule has 2 aliphatic carbocycles. The lowest BCUT2D eigenvalue weighted by molar-refractivity contribution is -0.148. The molecule has 0 heterocycles. The van der Waals surface area contributed by atoms with E-state index < -0.39 is 17.8 Å². The zero-order valence-electron chi connectivity index (χ0n) is 11.4. The molecule has 0 saturated heterocycles. The van der Waals surface area contributed by atoms with Crippen molar-refractivity contribution in [2.24, 2.45) is 23.7 Å². The van der Waals surface area contributed by atoms with Crippen molar-refractivity contribution in [2.75, 3.05) is 5.32 Å². The van der Waals surface area contributed by atoms with E-state index in [1.165, 1.54) is 0 Å².